The average molecular weight is 327 g/mol. The van der Waals surface area contributed by atoms with Crippen LogP contribution in [0, 0.1) is 5.92 Å². The first kappa shape index (κ1) is 15.8. The molecule has 1 aromatic heterocycles. The summed E-state index contributed by atoms with van der Waals surface area (Å²) in [6.07, 6.45) is 5.14. The number of benzene rings is 1. The van der Waals surface area contributed by atoms with Crippen molar-refractivity contribution < 1.29 is 9.47 Å². The summed E-state index contributed by atoms with van der Waals surface area (Å²) in [5, 5.41) is 0. The Hall–Kier alpha value is -1.69. The predicted molar refractivity (Wildman–Crippen MR) is 92.7 cm³/mol. The van der Waals surface area contributed by atoms with E-state index in [-0.39, 0.29) is 0 Å². The Morgan fingerprint density at radius 2 is 2.04 bits per heavy atom. The van der Waals surface area contributed by atoms with Gasteiger partial charge >= 0.3 is 0 Å². The van der Waals surface area contributed by atoms with E-state index < -0.39 is 0 Å². The number of hydrogen-bond donors (Lipinski definition) is 0. The third kappa shape index (κ3) is 3.69. The maximum absolute atomic E-state index is 5.51. The molecule has 5 nitrogen and oxygen atoms in total. The quantitative estimate of drug-likeness (QED) is 0.845. The summed E-state index contributed by atoms with van der Waals surface area (Å²) in [7, 11) is 0. The van der Waals surface area contributed by atoms with Crippen LogP contribution < -0.4 is 0 Å². The number of morpholine rings is 1. The lowest BCUT2D eigenvalue weighted by atomic mass is 10.1. The molecule has 128 valence electrons. The molecule has 5 heteroatoms. The third-order valence-electron chi connectivity index (χ3n) is 4.89. The van der Waals surface area contributed by atoms with Gasteiger partial charge in [0.2, 0.25) is 0 Å². The molecule has 2 fully saturated rings. The van der Waals surface area contributed by atoms with Gasteiger partial charge in [0.1, 0.15) is 5.82 Å². The number of ether oxygens (including phenoxy) is 2. The Balaban J connectivity index is 1.49. The fourth-order valence-corrected chi connectivity index (χ4v) is 3.55. The summed E-state index contributed by atoms with van der Waals surface area (Å²) in [4.78, 5) is 7.05. The lowest BCUT2D eigenvalue weighted by Gasteiger charge is -2.26. The summed E-state index contributed by atoms with van der Waals surface area (Å²) in [6, 6.07) is 8.78. The molecule has 2 aliphatic rings. The molecule has 2 saturated heterocycles. The number of hydrogen-bond acceptors (Lipinski definition) is 4. The van der Waals surface area contributed by atoms with Crippen LogP contribution in [-0.2, 0) is 22.6 Å². The van der Waals surface area contributed by atoms with Gasteiger partial charge in [-0.05, 0) is 18.1 Å². The Morgan fingerprint density at radius 3 is 2.88 bits per heavy atom. The largest absolute Gasteiger partial charge is 0.381 e. The highest BCUT2D eigenvalue weighted by Crippen LogP contribution is 2.23. The van der Waals surface area contributed by atoms with Gasteiger partial charge in [-0.1, -0.05) is 18.2 Å². The smallest absolute Gasteiger partial charge is 0.139 e. The molecular formula is C19H25N3O2. The monoisotopic (exact) mass is 327 g/mol. The molecule has 24 heavy (non-hydrogen) atoms. The second-order valence-corrected chi connectivity index (χ2v) is 6.72. The fourth-order valence-electron chi connectivity index (χ4n) is 3.55. The van der Waals surface area contributed by atoms with Crippen molar-refractivity contribution in [2.75, 3.05) is 39.5 Å². The molecule has 0 N–H and O–H groups in total. The minimum absolute atomic E-state index is 0.606. The molecule has 0 aliphatic carbocycles. The highest BCUT2D eigenvalue weighted by atomic mass is 16.5. The first-order valence-electron chi connectivity index (χ1n) is 8.87. The molecule has 0 radical (unpaired) electrons. The van der Waals surface area contributed by atoms with E-state index in [1.54, 1.807) is 0 Å². The lowest BCUT2D eigenvalue weighted by Crippen LogP contribution is -2.35. The zero-order chi connectivity index (χ0) is 16.2. The zero-order valence-electron chi connectivity index (χ0n) is 14.1. The van der Waals surface area contributed by atoms with Gasteiger partial charge in [-0.25, -0.2) is 4.98 Å². The van der Waals surface area contributed by atoms with Crippen molar-refractivity contribution in [3.8, 4) is 11.4 Å². The molecule has 0 spiro atoms. The van der Waals surface area contributed by atoms with Gasteiger partial charge in [-0.15, -0.1) is 0 Å². The summed E-state index contributed by atoms with van der Waals surface area (Å²) < 4.78 is 13.2. The van der Waals surface area contributed by atoms with E-state index in [9.17, 15) is 0 Å². The van der Waals surface area contributed by atoms with Crippen molar-refractivity contribution in [1.29, 1.82) is 0 Å². The van der Waals surface area contributed by atoms with E-state index >= 15 is 0 Å². The maximum atomic E-state index is 5.51. The SMILES string of the molecule is c1cc(CN2CCOCC2)cc(-c2nccn2C[C@H]2CCOC2)c1. The number of imidazole rings is 1. The van der Waals surface area contributed by atoms with Crippen LogP contribution in [-0.4, -0.2) is 54.0 Å². The van der Waals surface area contributed by atoms with Gasteiger partial charge < -0.3 is 14.0 Å². The van der Waals surface area contributed by atoms with Crippen LogP contribution in [0.2, 0.25) is 0 Å². The minimum Gasteiger partial charge on any atom is -0.381 e. The summed E-state index contributed by atoms with van der Waals surface area (Å²) >= 11 is 0. The number of aromatic nitrogens is 2. The fraction of sp³-hybridized carbons (Fsp3) is 0.526. The standard InChI is InChI=1S/C19H25N3O2/c1-2-16(13-21-7-10-23-11-8-21)12-18(3-1)19-20-5-6-22(19)14-17-4-9-24-15-17/h1-3,5-6,12,17H,4,7-11,13-15H2/t17-/m1/s1. The molecule has 2 aromatic rings. The van der Waals surface area contributed by atoms with Crippen molar-refractivity contribution in [3.63, 3.8) is 0 Å². The van der Waals surface area contributed by atoms with E-state index in [2.05, 4.69) is 44.9 Å². The molecule has 1 aromatic carbocycles. The maximum Gasteiger partial charge on any atom is 0.139 e. The summed E-state index contributed by atoms with van der Waals surface area (Å²) in [6.45, 7) is 7.44. The minimum atomic E-state index is 0.606. The molecule has 2 aliphatic heterocycles. The van der Waals surface area contributed by atoms with Gasteiger partial charge in [0.05, 0.1) is 19.8 Å². The molecule has 4 rings (SSSR count). The summed E-state index contributed by atoms with van der Waals surface area (Å²) in [5.41, 5.74) is 2.54. The van der Waals surface area contributed by atoms with Crippen molar-refractivity contribution in [3.05, 3.63) is 42.2 Å². The molecule has 1 atom stereocenters. The Morgan fingerprint density at radius 1 is 1.12 bits per heavy atom. The summed E-state index contributed by atoms with van der Waals surface area (Å²) in [5.74, 6) is 1.67. The van der Waals surface area contributed by atoms with Crippen molar-refractivity contribution in [1.82, 2.24) is 14.5 Å². The normalized spacial score (nSPS) is 22.1. The average Bonchev–Trinajstić information content (AvgIpc) is 3.28. The van der Waals surface area contributed by atoms with E-state index in [4.69, 9.17) is 9.47 Å². The van der Waals surface area contributed by atoms with Crippen LogP contribution in [0.4, 0.5) is 0 Å². The zero-order valence-corrected chi connectivity index (χ0v) is 14.1. The molecular weight excluding hydrogens is 302 g/mol. The molecule has 0 bridgehead atoms. The van der Waals surface area contributed by atoms with Crippen LogP contribution in [0.15, 0.2) is 36.7 Å². The van der Waals surface area contributed by atoms with Gasteiger partial charge in [0, 0.05) is 56.7 Å². The predicted octanol–water partition coefficient (Wildman–Crippen LogP) is 2.42. The first-order chi connectivity index (χ1) is 11.9. The van der Waals surface area contributed by atoms with Gasteiger partial charge in [-0.2, -0.15) is 0 Å². The Bertz CT molecular complexity index is 658. The molecule has 0 amide bonds. The highest BCUT2D eigenvalue weighted by Gasteiger charge is 2.18. The van der Waals surface area contributed by atoms with E-state index in [1.807, 2.05) is 6.20 Å². The molecule has 0 unspecified atom stereocenters. The van der Waals surface area contributed by atoms with Gasteiger partial charge in [0.25, 0.3) is 0 Å². The highest BCUT2D eigenvalue weighted by molar-refractivity contribution is 5.56. The Kier molecular flexibility index (Phi) is 4.92. The van der Waals surface area contributed by atoms with Crippen molar-refractivity contribution in [2.24, 2.45) is 5.92 Å². The second-order valence-electron chi connectivity index (χ2n) is 6.72. The number of nitrogens with zero attached hydrogens (tertiary/aromatic N) is 3. The van der Waals surface area contributed by atoms with E-state index in [0.717, 1.165) is 64.9 Å². The Labute approximate surface area is 143 Å². The van der Waals surface area contributed by atoms with Gasteiger partial charge in [-0.3, -0.25) is 4.90 Å². The van der Waals surface area contributed by atoms with Crippen LogP contribution in [0.1, 0.15) is 12.0 Å². The van der Waals surface area contributed by atoms with E-state index in [1.165, 1.54) is 11.1 Å². The first-order valence-corrected chi connectivity index (χ1v) is 8.87. The topological polar surface area (TPSA) is 39.5 Å². The second kappa shape index (κ2) is 7.47. The molecule has 3 heterocycles. The van der Waals surface area contributed by atoms with Crippen LogP contribution >= 0.6 is 0 Å². The number of rotatable bonds is 5. The van der Waals surface area contributed by atoms with Crippen LogP contribution in [0.25, 0.3) is 11.4 Å². The van der Waals surface area contributed by atoms with Crippen molar-refractivity contribution in [2.45, 2.75) is 19.5 Å². The molecule has 0 saturated carbocycles. The third-order valence-corrected chi connectivity index (χ3v) is 4.89. The lowest BCUT2D eigenvalue weighted by molar-refractivity contribution is 0.0342. The van der Waals surface area contributed by atoms with Crippen LogP contribution in [0.3, 0.4) is 0 Å². The van der Waals surface area contributed by atoms with Crippen molar-refractivity contribution >= 4 is 0 Å². The van der Waals surface area contributed by atoms with Crippen LogP contribution in [0.5, 0.6) is 0 Å². The van der Waals surface area contributed by atoms with E-state index in [0.29, 0.717) is 5.92 Å². The van der Waals surface area contributed by atoms with Gasteiger partial charge in [0.15, 0.2) is 0 Å².